The molecule has 1 aliphatic heterocycles. The minimum absolute atomic E-state index is 0.0921. The smallest absolute Gasteiger partial charge is 0.490 e. The van der Waals surface area contributed by atoms with Crippen LogP contribution in [0.25, 0.3) is 0 Å². The SMILES string of the molecule is O=C(ON1CCCC1COc1ccccc1Cl)C(F)(F)F. The fraction of sp³-hybridized carbons (Fsp3) is 0.462. The van der Waals surface area contributed by atoms with Crippen LogP contribution in [0.15, 0.2) is 24.3 Å². The molecule has 1 aromatic carbocycles. The fourth-order valence-corrected chi connectivity index (χ4v) is 2.19. The molecule has 1 saturated heterocycles. The number of alkyl halides is 3. The number of benzene rings is 1. The van der Waals surface area contributed by atoms with E-state index in [1.165, 1.54) is 0 Å². The van der Waals surface area contributed by atoms with Crippen molar-refractivity contribution >= 4 is 17.6 Å². The quantitative estimate of drug-likeness (QED) is 0.853. The standard InChI is InChI=1S/C13H13ClF3NO3/c14-10-5-1-2-6-11(10)20-8-9-4-3-7-18(9)21-12(19)13(15,16)17/h1-2,5-6,9H,3-4,7-8H2. The second kappa shape index (κ2) is 6.53. The van der Waals surface area contributed by atoms with E-state index in [1.54, 1.807) is 24.3 Å². The highest BCUT2D eigenvalue weighted by Gasteiger charge is 2.44. The predicted octanol–water partition coefficient (Wildman–Crippen LogP) is 3.20. The number of carbonyl (C=O) groups excluding carboxylic acids is 1. The molecule has 1 atom stereocenters. The zero-order valence-corrected chi connectivity index (χ0v) is 11.7. The maximum atomic E-state index is 12.2. The molecular weight excluding hydrogens is 311 g/mol. The van der Waals surface area contributed by atoms with Crippen LogP contribution < -0.4 is 4.74 Å². The Labute approximate surface area is 124 Å². The van der Waals surface area contributed by atoms with Crippen molar-refractivity contribution in [3.8, 4) is 5.75 Å². The van der Waals surface area contributed by atoms with Crippen LogP contribution in [0, 0.1) is 0 Å². The minimum Gasteiger partial charge on any atom is -0.490 e. The number of rotatable bonds is 4. The lowest BCUT2D eigenvalue weighted by atomic mass is 10.2. The summed E-state index contributed by atoms with van der Waals surface area (Å²) in [6.45, 7) is 0.341. The predicted molar refractivity (Wildman–Crippen MR) is 68.8 cm³/mol. The Balaban J connectivity index is 1.91. The number of ether oxygens (including phenoxy) is 1. The number of hydrogen-bond donors (Lipinski definition) is 0. The van der Waals surface area contributed by atoms with Gasteiger partial charge in [-0.15, -0.1) is 5.06 Å². The van der Waals surface area contributed by atoms with Crippen molar-refractivity contribution in [1.29, 1.82) is 0 Å². The maximum absolute atomic E-state index is 12.2. The third-order valence-electron chi connectivity index (χ3n) is 3.02. The average Bonchev–Trinajstić information content (AvgIpc) is 2.84. The Kier molecular flexibility index (Phi) is 4.95. The Hall–Kier alpha value is -1.47. The van der Waals surface area contributed by atoms with Crippen molar-refractivity contribution in [1.82, 2.24) is 5.06 Å². The molecule has 116 valence electrons. The number of hydrogen-bond acceptors (Lipinski definition) is 4. The summed E-state index contributed by atoms with van der Waals surface area (Å²) in [5, 5.41) is 1.43. The van der Waals surface area contributed by atoms with Crippen LogP contribution in [-0.2, 0) is 9.63 Å². The molecule has 1 aromatic rings. The van der Waals surface area contributed by atoms with Crippen molar-refractivity contribution in [3.05, 3.63) is 29.3 Å². The zero-order valence-electron chi connectivity index (χ0n) is 10.9. The molecule has 1 unspecified atom stereocenters. The van der Waals surface area contributed by atoms with Crippen LogP contribution in [0.5, 0.6) is 5.75 Å². The summed E-state index contributed by atoms with van der Waals surface area (Å²) in [7, 11) is 0. The zero-order chi connectivity index (χ0) is 15.5. The van der Waals surface area contributed by atoms with Crippen LogP contribution in [0.4, 0.5) is 13.2 Å². The van der Waals surface area contributed by atoms with Gasteiger partial charge in [0.2, 0.25) is 0 Å². The van der Waals surface area contributed by atoms with E-state index in [0.29, 0.717) is 23.6 Å². The summed E-state index contributed by atoms with van der Waals surface area (Å²) < 4.78 is 42.0. The lowest BCUT2D eigenvalue weighted by Crippen LogP contribution is -2.40. The van der Waals surface area contributed by atoms with Crippen molar-refractivity contribution in [2.75, 3.05) is 13.2 Å². The lowest BCUT2D eigenvalue weighted by Gasteiger charge is -2.23. The van der Waals surface area contributed by atoms with E-state index in [0.717, 1.165) is 5.06 Å². The molecule has 0 aliphatic carbocycles. The van der Waals surface area contributed by atoms with Crippen LogP contribution in [-0.4, -0.2) is 36.4 Å². The van der Waals surface area contributed by atoms with Crippen LogP contribution in [0.2, 0.25) is 5.02 Å². The Morgan fingerprint density at radius 3 is 2.76 bits per heavy atom. The summed E-state index contributed by atoms with van der Waals surface area (Å²) in [5.74, 6) is -1.78. The average molecular weight is 324 g/mol. The molecule has 4 nitrogen and oxygen atoms in total. The molecule has 0 radical (unpaired) electrons. The highest BCUT2D eigenvalue weighted by Crippen LogP contribution is 2.26. The van der Waals surface area contributed by atoms with Crippen LogP contribution in [0.3, 0.4) is 0 Å². The first kappa shape index (κ1) is 15.9. The van der Waals surface area contributed by atoms with Gasteiger partial charge in [-0.1, -0.05) is 23.7 Å². The van der Waals surface area contributed by atoms with Gasteiger partial charge < -0.3 is 9.57 Å². The van der Waals surface area contributed by atoms with E-state index in [-0.39, 0.29) is 13.2 Å². The van der Waals surface area contributed by atoms with Crippen LogP contribution >= 0.6 is 11.6 Å². The molecule has 8 heteroatoms. The molecule has 1 heterocycles. The van der Waals surface area contributed by atoms with Gasteiger partial charge in [-0.2, -0.15) is 13.2 Å². The molecule has 0 amide bonds. The summed E-state index contributed by atoms with van der Waals surface area (Å²) in [6.07, 6.45) is -3.80. The second-order valence-corrected chi connectivity index (χ2v) is 4.96. The third-order valence-corrected chi connectivity index (χ3v) is 3.33. The van der Waals surface area contributed by atoms with Gasteiger partial charge >= 0.3 is 12.1 Å². The molecule has 0 aromatic heterocycles. The van der Waals surface area contributed by atoms with Crippen LogP contribution in [0.1, 0.15) is 12.8 Å². The van der Waals surface area contributed by atoms with E-state index in [2.05, 4.69) is 4.84 Å². The molecule has 0 spiro atoms. The highest BCUT2D eigenvalue weighted by atomic mass is 35.5. The maximum Gasteiger partial charge on any atom is 0.492 e. The largest absolute Gasteiger partial charge is 0.492 e. The van der Waals surface area contributed by atoms with Gasteiger partial charge in [0.15, 0.2) is 0 Å². The van der Waals surface area contributed by atoms with E-state index in [9.17, 15) is 18.0 Å². The first-order chi connectivity index (χ1) is 9.88. The summed E-state index contributed by atoms with van der Waals surface area (Å²) in [6, 6.07) is 6.35. The number of nitrogens with zero attached hydrogens (tertiary/aromatic N) is 1. The molecule has 0 bridgehead atoms. The van der Waals surface area contributed by atoms with Crippen molar-refractivity contribution < 1.29 is 27.5 Å². The first-order valence-corrected chi connectivity index (χ1v) is 6.69. The van der Waals surface area contributed by atoms with Crippen molar-refractivity contribution in [2.24, 2.45) is 0 Å². The second-order valence-electron chi connectivity index (χ2n) is 4.55. The number of halogens is 4. The molecule has 0 N–H and O–H groups in total. The van der Waals surface area contributed by atoms with Gasteiger partial charge in [0, 0.05) is 6.54 Å². The fourth-order valence-electron chi connectivity index (χ4n) is 2.00. The molecule has 1 fully saturated rings. The molecule has 2 rings (SSSR count). The van der Waals surface area contributed by atoms with E-state index < -0.39 is 18.2 Å². The van der Waals surface area contributed by atoms with E-state index in [1.807, 2.05) is 0 Å². The van der Waals surface area contributed by atoms with Crippen molar-refractivity contribution in [3.63, 3.8) is 0 Å². The monoisotopic (exact) mass is 323 g/mol. The van der Waals surface area contributed by atoms with Gasteiger partial charge in [-0.05, 0) is 25.0 Å². The Bertz CT molecular complexity index is 510. The highest BCUT2D eigenvalue weighted by molar-refractivity contribution is 6.32. The third kappa shape index (κ3) is 4.25. The first-order valence-electron chi connectivity index (χ1n) is 6.31. The minimum atomic E-state index is -5.00. The molecule has 21 heavy (non-hydrogen) atoms. The van der Waals surface area contributed by atoms with Gasteiger partial charge in [0.25, 0.3) is 0 Å². The normalized spacial score (nSPS) is 19.5. The summed E-state index contributed by atoms with van der Waals surface area (Å²) in [5.41, 5.74) is 0. The van der Waals surface area contributed by atoms with Crippen molar-refractivity contribution in [2.45, 2.75) is 25.1 Å². The van der Waals surface area contributed by atoms with E-state index >= 15 is 0 Å². The molecule has 1 aliphatic rings. The Morgan fingerprint density at radius 1 is 1.38 bits per heavy atom. The van der Waals surface area contributed by atoms with Gasteiger partial charge in [-0.3, -0.25) is 0 Å². The van der Waals surface area contributed by atoms with E-state index in [4.69, 9.17) is 16.3 Å². The van der Waals surface area contributed by atoms with Gasteiger partial charge in [0.05, 0.1) is 11.1 Å². The summed E-state index contributed by atoms with van der Waals surface area (Å²) >= 11 is 5.92. The van der Waals surface area contributed by atoms with Gasteiger partial charge in [-0.25, -0.2) is 4.79 Å². The summed E-state index contributed by atoms with van der Waals surface area (Å²) in [4.78, 5) is 15.2. The molecular formula is C13H13ClF3NO3. The number of carbonyl (C=O) groups is 1. The number of para-hydroxylation sites is 1. The molecule has 0 saturated carbocycles. The Morgan fingerprint density at radius 2 is 2.10 bits per heavy atom. The lowest BCUT2D eigenvalue weighted by molar-refractivity contribution is -0.242. The topological polar surface area (TPSA) is 38.8 Å². The number of hydroxylamine groups is 2. The van der Waals surface area contributed by atoms with Gasteiger partial charge in [0.1, 0.15) is 12.4 Å².